The molecular weight excluding hydrogens is 336 g/mol. The maximum Gasteiger partial charge on any atom is 0.118 e. The second-order valence-corrected chi connectivity index (χ2v) is 6.74. The lowest BCUT2D eigenvalue weighted by molar-refractivity contribution is 0.223. The van der Waals surface area contributed by atoms with Crippen molar-refractivity contribution in [1.82, 2.24) is 0 Å². The summed E-state index contributed by atoms with van der Waals surface area (Å²) in [6.07, 6.45) is -1.46. The van der Waals surface area contributed by atoms with Gasteiger partial charge in [-0.25, -0.2) is 0 Å². The highest BCUT2D eigenvalue weighted by molar-refractivity contribution is 7.12. The van der Waals surface area contributed by atoms with E-state index < -0.39 is 12.2 Å². The van der Waals surface area contributed by atoms with Gasteiger partial charge < -0.3 is 19.7 Å². The molecule has 25 heavy (non-hydrogen) atoms. The van der Waals surface area contributed by atoms with Gasteiger partial charge in [0.1, 0.15) is 23.7 Å². The van der Waals surface area contributed by atoms with Crippen LogP contribution < -0.4 is 9.47 Å². The molecule has 4 nitrogen and oxygen atoms in total. The van der Waals surface area contributed by atoms with Gasteiger partial charge in [-0.15, -0.1) is 11.3 Å². The molecule has 0 spiro atoms. The first-order valence-electron chi connectivity index (χ1n) is 7.86. The lowest BCUT2D eigenvalue weighted by Crippen LogP contribution is -1.98. The Balaban J connectivity index is 1.78. The van der Waals surface area contributed by atoms with Crippen molar-refractivity contribution in [2.75, 3.05) is 14.2 Å². The number of ether oxygens (including phenoxy) is 2. The number of aliphatic hydroxyl groups excluding tert-OH is 2. The fourth-order valence-electron chi connectivity index (χ4n) is 2.56. The first kappa shape index (κ1) is 17.5. The zero-order chi connectivity index (χ0) is 17.8. The van der Waals surface area contributed by atoms with Crippen molar-refractivity contribution < 1.29 is 19.7 Å². The van der Waals surface area contributed by atoms with Crippen LogP contribution >= 0.6 is 11.3 Å². The van der Waals surface area contributed by atoms with E-state index in [0.717, 1.165) is 32.4 Å². The van der Waals surface area contributed by atoms with Gasteiger partial charge in [0.25, 0.3) is 0 Å². The summed E-state index contributed by atoms with van der Waals surface area (Å²) in [5.41, 5.74) is 1.57. The van der Waals surface area contributed by atoms with Crippen molar-refractivity contribution in [1.29, 1.82) is 0 Å². The van der Waals surface area contributed by atoms with E-state index in [1.54, 1.807) is 14.2 Å². The fourth-order valence-corrected chi connectivity index (χ4v) is 3.60. The summed E-state index contributed by atoms with van der Waals surface area (Å²) in [5, 5.41) is 21.1. The molecule has 0 bridgehead atoms. The highest BCUT2D eigenvalue weighted by Crippen LogP contribution is 2.34. The molecule has 3 aromatic rings. The van der Waals surface area contributed by atoms with Gasteiger partial charge in [-0.05, 0) is 47.5 Å². The van der Waals surface area contributed by atoms with Crippen LogP contribution in [0.15, 0.2) is 60.7 Å². The first-order chi connectivity index (χ1) is 12.1. The summed E-state index contributed by atoms with van der Waals surface area (Å²) < 4.78 is 10.3. The molecule has 5 heteroatoms. The zero-order valence-electron chi connectivity index (χ0n) is 14.0. The minimum atomic E-state index is -0.729. The summed E-state index contributed by atoms with van der Waals surface area (Å²) in [6.45, 7) is 0. The minimum absolute atomic E-state index is 0.729. The second-order valence-electron chi connectivity index (χ2n) is 5.59. The van der Waals surface area contributed by atoms with E-state index in [1.165, 1.54) is 11.3 Å². The number of hydrogen-bond acceptors (Lipinski definition) is 5. The Morgan fingerprint density at radius 1 is 0.640 bits per heavy atom. The number of benzene rings is 2. The predicted octanol–water partition coefficient (Wildman–Crippen LogP) is 3.93. The van der Waals surface area contributed by atoms with Gasteiger partial charge in [-0.1, -0.05) is 24.3 Å². The third kappa shape index (κ3) is 3.85. The Bertz CT molecular complexity index is 740. The van der Waals surface area contributed by atoms with Crippen LogP contribution in [0.4, 0.5) is 0 Å². The van der Waals surface area contributed by atoms with E-state index in [2.05, 4.69) is 0 Å². The van der Waals surface area contributed by atoms with Crippen molar-refractivity contribution in [2.45, 2.75) is 12.2 Å². The number of thiophene rings is 1. The molecule has 130 valence electrons. The van der Waals surface area contributed by atoms with E-state index in [4.69, 9.17) is 9.47 Å². The molecule has 0 aliphatic heterocycles. The summed E-state index contributed by atoms with van der Waals surface area (Å²) in [5.74, 6) is 1.50. The standard InChI is InChI=1S/C20H20O4S/c1-23-15-7-3-13(4-8-15)19(21)17-11-12-18(25-17)20(22)14-5-9-16(24-2)10-6-14/h3-12,19-22H,1-2H3. The van der Waals surface area contributed by atoms with Crippen molar-refractivity contribution in [3.05, 3.63) is 81.5 Å². The molecule has 3 rings (SSSR count). The van der Waals surface area contributed by atoms with Gasteiger partial charge >= 0.3 is 0 Å². The maximum atomic E-state index is 10.6. The zero-order valence-corrected chi connectivity index (χ0v) is 14.9. The Hall–Kier alpha value is -2.34. The largest absolute Gasteiger partial charge is 0.497 e. The lowest BCUT2D eigenvalue weighted by Gasteiger charge is -2.11. The van der Waals surface area contributed by atoms with Crippen LogP contribution in [0.5, 0.6) is 11.5 Å². The Morgan fingerprint density at radius 3 is 1.32 bits per heavy atom. The maximum absolute atomic E-state index is 10.6. The fraction of sp³-hybridized carbons (Fsp3) is 0.200. The van der Waals surface area contributed by atoms with E-state index in [-0.39, 0.29) is 0 Å². The summed E-state index contributed by atoms with van der Waals surface area (Å²) in [7, 11) is 3.22. The van der Waals surface area contributed by atoms with Gasteiger partial charge in [0, 0.05) is 9.75 Å². The summed E-state index contributed by atoms with van der Waals surface area (Å²) in [6, 6.07) is 18.3. The highest BCUT2D eigenvalue weighted by Gasteiger charge is 2.18. The third-order valence-electron chi connectivity index (χ3n) is 4.05. The van der Waals surface area contributed by atoms with Crippen LogP contribution in [0.25, 0.3) is 0 Å². The average molecular weight is 356 g/mol. The van der Waals surface area contributed by atoms with Gasteiger partial charge in [0.15, 0.2) is 0 Å². The molecule has 0 aliphatic carbocycles. The van der Waals surface area contributed by atoms with Crippen molar-refractivity contribution in [2.24, 2.45) is 0 Å². The van der Waals surface area contributed by atoms with Gasteiger partial charge in [-0.3, -0.25) is 0 Å². The first-order valence-corrected chi connectivity index (χ1v) is 8.67. The monoisotopic (exact) mass is 356 g/mol. The molecule has 2 atom stereocenters. The van der Waals surface area contributed by atoms with Crippen LogP contribution in [0, 0.1) is 0 Å². The van der Waals surface area contributed by atoms with E-state index >= 15 is 0 Å². The molecule has 0 radical (unpaired) electrons. The SMILES string of the molecule is COc1ccc(C(O)c2ccc(C(O)c3ccc(OC)cc3)s2)cc1. The van der Waals surface area contributed by atoms with Gasteiger partial charge in [0.05, 0.1) is 14.2 Å². The lowest BCUT2D eigenvalue weighted by atomic mass is 10.1. The second kappa shape index (κ2) is 7.70. The summed E-state index contributed by atoms with van der Waals surface area (Å²) >= 11 is 1.40. The Labute approximate surface area is 150 Å². The van der Waals surface area contributed by atoms with Crippen LogP contribution in [0.2, 0.25) is 0 Å². The molecule has 0 amide bonds. The molecule has 0 saturated heterocycles. The highest BCUT2D eigenvalue weighted by atomic mass is 32.1. The summed E-state index contributed by atoms with van der Waals surface area (Å²) in [4.78, 5) is 1.57. The molecule has 0 aliphatic rings. The van der Waals surface area contributed by atoms with Crippen LogP contribution in [-0.4, -0.2) is 24.4 Å². The van der Waals surface area contributed by atoms with Crippen molar-refractivity contribution >= 4 is 11.3 Å². The molecule has 1 aromatic heterocycles. The number of aliphatic hydroxyl groups is 2. The van der Waals surface area contributed by atoms with E-state index in [9.17, 15) is 10.2 Å². The number of methoxy groups -OCH3 is 2. The number of rotatable bonds is 6. The van der Waals surface area contributed by atoms with E-state index in [1.807, 2.05) is 60.7 Å². The Morgan fingerprint density at radius 2 is 1.00 bits per heavy atom. The molecule has 2 N–H and O–H groups in total. The van der Waals surface area contributed by atoms with Crippen molar-refractivity contribution in [3.8, 4) is 11.5 Å². The number of hydrogen-bond donors (Lipinski definition) is 2. The quantitative estimate of drug-likeness (QED) is 0.703. The van der Waals surface area contributed by atoms with Gasteiger partial charge in [0.2, 0.25) is 0 Å². The minimum Gasteiger partial charge on any atom is -0.497 e. The Kier molecular flexibility index (Phi) is 5.38. The molecule has 0 fully saturated rings. The van der Waals surface area contributed by atoms with Gasteiger partial charge in [-0.2, -0.15) is 0 Å². The molecular formula is C20H20O4S. The smallest absolute Gasteiger partial charge is 0.118 e. The molecule has 2 aromatic carbocycles. The molecule has 1 heterocycles. The third-order valence-corrected chi connectivity index (χ3v) is 5.24. The molecule has 2 unspecified atom stereocenters. The van der Waals surface area contributed by atoms with Crippen LogP contribution in [0.3, 0.4) is 0 Å². The molecule has 0 saturated carbocycles. The van der Waals surface area contributed by atoms with Crippen LogP contribution in [-0.2, 0) is 0 Å². The van der Waals surface area contributed by atoms with E-state index in [0.29, 0.717) is 0 Å². The average Bonchev–Trinajstić information content (AvgIpc) is 3.17. The topological polar surface area (TPSA) is 58.9 Å². The normalized spacial score (nSPS) is 13.3. The predicted molar refractivity (Wildman–Crippen MR) is 98.4 cm³/mol. The van der Waals surface area contributed by atoms with Crippen molar-refractivity contribution in [3.63, 3.8) is 0 Å². The van der Waals surface area contributed by atoms with Crippen LogP contribution in [0.1, 0.15) is 33.1 Å².